The summed E-state index contributed by atoms with van der Waals surface area (Å²) in [6.45, 7) is -0.375. The molecule has 1 atom stereocenters. The number of aliphatic hydroxyl groups is 1. The lowest BCUT2D eigenvalue weighted by atomic mass is 10.1. The Labute approximate surface area is 133 Å². The number of hydrogen-bond acceptors (Lipinski definition) is 4. The van der Waals surface area contributed by atoms with Crippen LogP contribution in [0, 0.1) is 6.92 Å². The van der Waals surface area contributed by atoms with Gasteiger partial charge in [-0.2, -0.15) is 8.78 Å². The predicted molar refractivity (Wildman–Crippen MR) is 82.6 cm³/mol. The molecule has 0 aliphatic rings. The smallest absolute Gasteiger partial charge is 0.387 e. The third-order valence-electron chi connectivity index (χ3n) is 3.36. The first kappa shape index (κ1) is 17.2. The summed E-state index contributed by atoms with van der Waals surface area (Å²) in [4.78, 5) is 0. The number of alkyl halides is 2. The highest BCUT2D eigenvalue weighted by Crippen LogP contribution is 2.21. The molecule has 4 nitrogen and oxygen atoms in total. The summed E-state index contributed by atoms with van der Waals surface area (Å²) in [6, 6.07) is 11.2. The molecular weight excluding hydrogens is 304 g/mol. The number of ether oxygens (including phenoxy) is 1. The molecule has 0 aliphatic heterocycles. The summed E-state index contributed by atoms with van der Waals surface area (Å²) in [5, 5.41) is 22.9. The van der Waals surface area contributed by atoms with Crippen LogP contribution in [0.4, 0.5) is 8.78 Å². The number of hydrogen-bond donors (Lipinski definition) is 3. The van der Waals surface area contributed by atoms with Crippen LogP contribution in [0.15, 0.2) is 42.5 Å². The minimum Gasteiger partial charge on any atom is -0.508 e. The molecule has 0 amide bonds. The molecule has 0 fully saturated rings. The molecule has 3 N–H and O–H groups in total. The minimum atomic E-state index is -2.90. The monoisotopic (exact) mass is 323 g/mol. The van der Waals surface area contributed by atoms with Crippen molar-refractivity contribution in [1.82, 2.24) is 5.32 Å². The van der Waals surface area contributed by atoms with Gasteiger partial charge in [-0.05, 0) is 30.7 Å². The van der Waals surface area contributed by atoms with Gasteiger partial charge in [0.2, 0.25) is 0 Å². The highest BCUT2D eigenvalue weighted by molar-refractivity contribution is 5.35. The Morgan fingerprint density at radius 1 is 1.17 bits per heavy atom. The number of benzene rings is 2. The minimum absolute atomic E-state index is 0.00730. The van der Waals surface area contributed by atoms with E-state index in [1.165, 1.54) is 12.1 Å². The first-order valence-electron chi connectivity index (χ1n) is 7.18. The van der Waals surface area contributed by atoms with E-state index >= 15 is 0 Å². The van der Waals surface area contributed by atoms with Gasteiger partial charge in [-0.1, -0.05) is 29.8 Å². The van der Waals surface area contributed by atoms with Gasteiger partial charge in [0.05, 0.1) is 6.10 Å². The summed E-state index contributed by atoms with van der Waals surface area (Å²) < 4.78 is 28.7. The number of phenolic OH excluding ortho intramolecular Hbond substituents is 1. The molecule has 0 heterocycles. The number of aromatic hydroxyl groups is 1. The maximum atomic E-state index is 12.2. The molecule has 0 radical (unpaired) electrons. The van der Waals surface area contributed by atoms with Gasteiger partial charge in [0.25, 0.3) is 0 Å². The van der Waals surface area contributed by atoms with Crippen molar-refractivity contribution in [3.8, 4) is 11.5 Å². The molecule has 2 aromatic rings. The quantitative estimate of drug-likeness (QED) is 0.733. The second kappa shape index (κ2) is 7.89. The van der Waals surface area contributed by atoms with Gasteiger partial charge in [0.15, 0.2) is 0 Å². The number of aliphatic hydroxyl groups excluding tert-OH is 1. The van der Waals surface area contributed by atoms with Crippen molar-refractivity contribution >= 4 is 0 Å². The zero-order chi connectivity index (χ0) is 16.8. The molecule has 0 spiro atoms. The number of aryl methyl sites for hydroxylation is 1. The van der Waals surface area contributed by atoms with Crippen LogP contribution < -0.4 is 10.1 Å². The molecule has 124 valence electrons. The first-order valence-corrected chi connectivity index (χ1v) is 7.18. The lowest BCUT2D eigenvalue weighted by Gasteiger charge is -2.14. The predicted octanol–water partition coefficient (Wildman–Crippen LogP) is 3.13. The first-order chi connectivity index (χ1) is 11.0. The summed E-state index contributed by atoms with van der Waals surface area (Å²) >= 11 is 0. The van der Waals surface area contributed by atoms with Crippen LogP contribution in [0.5, 0.6) is 11.5 Å². The van der Waals surface area contributed by atoms with Crippen molar-refractivity contribution in [2.45, 2.75) is 26.2 Å². The number of halogens is 2. The van der Waals surface area contributed by atoms with Crippen LogP contribution in [-0.4, -0.2) is 23.4 Å². The molecule has 1 unspecified atom stereocenters. The molecule has 0 saturated carbocycles. The third-order valence-corrected chi connectivity index (χ3v) is 3.36. The summed E-state index contributed by atoms with van der Waals surface area (Å²) in [5.74, 6) is 0.192. The molecule has 23 heavy (non-hydrogen) atoms. The second-order valence-corrected chi connectivity index (χ2v) is 5.23. The second-order valence-electron chi connectivity index (χ2n) is 5.23. The summed E-state index contributed by atoms with van der Waals surface area (Å²) in [7, 11) is 0. The van der Waals surface area contributed by atoms with Gasteiger partial charge >= 0.3 is 6.61 Å². The average molecular weight is 323 g/mol. The van der Waals surface area contributed by atoms with Crippen molar-refractivity contribution in [2.24, 2.45) is 0 Å². The Morgan fingerprint density at radius 2 is 1.96 bits per heavy atom. The van der Waals surface area contributed by atoms with E-state index in [0.29, 0.717) is 12.1 Å². The average Bonchev–Trinajstić information content (AvgIpc) is 2.50. The lowest BCUT2D eigenvalue weighted by molar-refractivity contribution is -0.0499. The topological polar surface area (TPSA) is 61.7 Å². The molecule has 2 rings (SSSR count). The van der Waals surface area contributed by atoms with Crippen LogP contribution in [-0.2, 0) is 6.54 Å². The molecule has 0 aliphatic carbocycles. The van der Waals surface area contributed by atoms with E-state index in [2.05, 4.69) is 10.1 Å². The van der Waals surface area contributed by atoms with Crippen molar-refractivity contribution < 1.29 is 23.7 Å². The molecule has 6 heteroatoms. The lowest BCUT2D eigenvalue weighted by Crippen LogP contribution is -2.21. The van der Waals surface area contributed by atoms with E-state index in [1.807, 2.05) is 19.1 Å². The zero-order valence-corrected chi connectivity index (χ0v) is 12.7. The molecule has 0 bridgehead atoms. The van der Waals surface area contributed by atoms with Crippen molar-refractivity contribution in [3.63, 3.8) is 0 Å². The largest absolute Gasteiger partial charge is 0.508 e. The van der Waals surface area contributed by atoms with Crippen LogP contribution in [0.25, 0.3) is 0 Å². The van der Waals surface area contributed by atoms with Crippen molar-refractivity contribution in [1.29, 1.82) is 0 Å². The Morgan fingerprint density at radius 3 is 2.70 bits per heavy atom. The molecule has 0 saturated heterocycles. The normalized spacial score (nSPS) is 12.4. The fourth-order valence-corrected chi connectivity index (χ4v) is 2.22. The van der Waals surface area contributed by atoms with Crippen molar-refractivity contribution in [2.75, 3.05) is 6.54 Å². The third kappa shape index (κ3) is 5.19. The fourth-order valence-electron chi connectivity index (χ4n) is 2.22. The molecule has 0 aromatic heterocycles. The summed E-state index contributed by atoms with van der Waals surface area (Å²) in [6.07, 6.45) is -0.872. The van der Waals surface area contributed by atoms with Crippen LogP contribution >= 0.6 is 0 Å². The Kier molecular flexibility index (Phi) is 5.90. The SMILES string of the molecule is Cc1ccc(O)c(CNCC(O)c2cccc(OC(F)F)c2)c1. The van der Waals surface area contributed by atoms with Gasteiger partial charge in [-0.15, -0.1) is 0 Å². The molecular formula is C17H19F2NO3. The Bertz CT molecular complexity index is 649. The molecule has 2 aromatic carbocycles. The summed E-state index contributed by atoms with van der Waals surface area (Å²) in [5.41, 5.74) is 2.23. The van der Waals surface area contributed by atoms with E-state index in [0.717, 1.165) is 11.1 Å². The van der Waals surface area contributed by atoms with Gasteiger partial charge in [0, 0.05) is 18.7 Å². The highest BCUT2D eigenvalue weighted by atomic mass is 19.3. The standard InChI is InChI=1S/C17H19F2NO3/c1-11-5-6-15(21)13(7-11)9-20-10-16(22)12-3-2-4-14(8-12)23-17(18)19/h2-8,16-17,20-22H,9-10H2,1H3. The maximum Gasteiger partial charge on any atom is 0.387 e. The Balaban J connectivity index is 1.92. The van der Waals surface area contributed by atoms with E-state index < -0.39 is 12.7 Å². The van der Waals surface area contributed by atoms with Crippen molar-refractivity contribution in [3.05, 3.63) is 59.2 Å². The maximum absolute atomic E-state index is 12.2. The van der Waals surface area contributed by atoms with Gasteiger partial charge in [-0.3, -0.25) is 0 Å². The van der Waals surface area contributed by atoms with Gasteiger partial charge in [-0.25, -0.2) is 0 Å². The highest BCUT2D eigenvalue weighted by Gasteiger charge is 2.11. The number of rotatable bonds is 7. The van der Waals surface area contributed by atoms with E-state index in [-0.39, 0.29) is 18.0 Å². The van der Waals surface area contributed by atoms with E-state index in [4.69, 9.17) is 0 Å². The van der Waals surface area contributed by atoms with Gasteiger partial charge < -0.3 is 20.3 Å². The van der Waals surface area contributed by atoms with Crippen LogP contribution in [0.1, 0.15) is 22.8 Å². The van der Waals surface area contributed by atoms with E-state index in [1.54, 1.807) is 18.2 Å². The van der Waals surface area contributed by atoms with Gasteiger partial charge in [0.1, 0.15) is 11.5 Å². The zero-order valence-electron chi connectivity index (χ0n) is 12.7. The Hall–Kier alpha value is -2.18. The van der Waals surface area contributed by atoms with Crippen LogP contribution in [0.3, 0.4) is 0 Å². The number of phenols is 1. The fraction of sp³-hybridized carbons (Fsp3) is 0.294. The van der Waals surface area contributed by atoms with Crippen LogP contribution in [0.2, 0.25) is 0 Å². The number of nitrogens with one attached hydrogen (secondary N) is 1. The van der Waals surface area contributed by atoms with E-state index in [9.17, 15) is 19.0 Å².